The standard InChI is InChI=1S/C32H37F3N2O8/c1-6-42-29(38)26-22(13-20-14-36(31(41)45-32(3,4)5)15-25(26)37(20)30(39)40)19-7-9-21(10-8-19)43-16-18(2)17-44-28-24(34)12-11-23(33)27(28)35/h7-12,18,20,25H,6,13-17H2,1-5H3,(H,39,40)/t18-,20+,25+/m0/s1. The fourth-order valence-electron chi connectivity index (χ4n) is 5.32. The minimum Gasteiger partial charge on any atom is -0.493 e. The number of benzene rings is 2. The highest BCUT2D eigenvalue weighted by atomic mass is 19.2. The zero-order valence-electron chi connectivity index (χ0n) is 25.8. The molecule has 244 valence electrons. The Morgan fingerprint density at radius 3 is 2.24 bits per heavy atom. The number of piperazine rings is 1. The molecule has 2 amide bonds. The molecule has 4 rings (SSSR count). The van der Waals surface area contributed by atoms with Crippen molar-refractivity contribution in [1.29, 1.82) is 0 Å². The average molecular weight is 635 g/mol. The predicted molar refractivity (Wildman–Crippen MR) is 156 cm³/mol. The fourth-order valence-corrected chi connectivity index (χ4v) is 5.32. The van der Waals surface area contributed by atoms with Gasteiger partial charge in [-0.2, -0.15) is 4.39 Å². The lowest BCUT2D eigenvalue weighted by molar-refractivity contribution is -0.139. The molecule has 2 aliphatic rings. The van der Waals surface area contributed by atoms with E-state index in [1.165, 1.54) is 9.80 Å². The third-order valence-electron chi connectivity index (χ3n) is 7.27. The first-order valence-electron chi connectivity index (χ1n) is 14.6. The van der Waals surface area contributed by atoms with Gasteiger partial charge in [-0.05, 0) is 69.5 Å². The maximum atomic E-state index is 13.9. The van der Waals surface area contributed by atoms with Gasteiger partial charge in [-0.25, -0.2) is 23.2 Å². The zero-order chi connectivity index (χ0) is 33.1. The number of hydrogen-bond donors (Lipinski definition) is 1. The summed E-state index contributed by atoms with van der Waals surface area (Å²) >= 11 is 0. The fraction of sp³-hybridized carbons (Fsp3) is 0.469. The lowest BCUT2D eigenvalue weighted by Crippen LogP contribution is -2.64. The van der Waals surface area contributed by atoms with Crippen molar-refractivity contribution in [2.45, 2.75) is 58.7 Å². The van der Waals surface area contributed by atoms with Crippen LogP contribution in [-0.2, 0) is 14.3 Å². The number of fused-ring (bicyclic) bond motifs is 2. The predicted octanol–water partition coefficient (Wildman–Crippen LogP) is 5.89. The van der Waals surface area contributed by atoms with E-state index in [2.05, 4.69) is 0 Å². The molecule has 13 heteroatoms. The molecule has 2 aromatic carbocycles. The number of rotatable bonds is 9. The Bertz CT molecular complexity index is 1460. The molecule has 2 aromatic rings. The molecule has 0 aromatic heterocycles. The van der Waals surface area contributed by atoms with Crippen LogP contribution in [-0.4, -0.2) is 83.7 Å². The molecule has 3 atom stereocenters. The highest BCUT2D eigenvalue weighted by molar-refractivity contribution is 6.00. The molecule has 0 aliphatic carbocycles. The van der Waals surface area contributed by atoms with E-state index in [9.17, 15) is 32.7 Å². The van der Waals surface area contributed by atoms with Crippen LogP contribution in [0.3, 0.4) is 0 Å². The van der Waals surface area contributed by atoms with Crippen LogP contribution in [0.2, 0.25) is 0 Å². The molecule has 2 aliphatic heterocycles. The Morgan fingerprint density at radius 2 is 1.62 bits per heavy atom. The summed E-state index contributed by atoms with van der Waals surface area (Å²) in [5, 5.41) is 10.1. The van der Waals surface area contributed by atoms with Crippen LogP contribution in [0, 0.1) is 23.4 Å². The summed E-state index contributed by atoms with van der Waals surface area (Å²) in [5.74, 6) is -4.94. The average Bonchev–Trinajstić information content (AvgIpc) is 2.96. The van der Waals surface area contributed by atoms with E-state index in [1.54, 1.807) is 58.9 Å². The molecular formula is C32H37F3N2O8. The lowest BCUT2D eigenvalue weighted by atomic mass is 9.82. The molecule has 1 saturated heterocycles. The first kappa shape index (κ1) is 33.5. The number of carboxylic acid groups (broad SMARTS) is 1. The van der Waals surface area contributed by atoms with E-state index in [0.29, 0.717) is 23.0 Å². The second-order valence-electron chi connectivity index (χ2n) is 12.0. The SMILES string of the molecule is CCOC(=O)C1=C(c2ccc(OC[C@H](C)COc3c(F)ccc(F)c3F)cc2)C[C@@H]2CN(C(=O)OC(C)(C)C)C[C@H]1N2C(=O)O. The summed E-state index contributed by atoms with van der Waals surface area (Å²) < 4.78 is 63.0. The van der Waals surface area contributed by atoms with Gasteiger partial charge in [0.1, 0.15) is 11.4 Å². The van der Waals surface area contributed by atoms with Gasteiger partial charge in [0.15, 0.2) is 17.4 Å². The number of hydrogen-bond acceptors (Lipinski definition) is 7. The highest BCUT2D eigenvalue weighted by Crippen LogP contribution is 2.39. The molecule has 2 heterocycles. The number of amides is 2. The Kier molecular flexibility index (Phi) is 10.2. The van der Waals surface area contributed by atoms with Crippen molar-refractivity contribution < 1.29 is 51.6 Å². The van der Waals surface area contributed by atoms with Gasteiger partial charge in [0.25, 0.3) is 0 Å². The van der Waals surface area contributed by atoms with Crippen molar-refractivity contribution in [2.24, 2.45) is 5.92 Å². The van der Waals surface area contributed by atoms with Crippen molar-refractivity contribution in [3.8, 4) is 11.5 Å². The summed E-state index contributed by atoms with van der Waals surface area (Å²) in [5.41, 5.74) is 0.661. The van der Waals surface area contributed by atoms with E-state index in [1.807, 2.05) is 0 Å². The number of carbonyl (C=O) groups excluding carboxylic acids is 2. The molecule has 1 N–H and O–H groups in total. The summed E-state index contributed by atoms with van der Waals surface area (Å²) in [7, 11) is 0. The van der Waals surface area contributed by atoms with Gasteiger partial charge < -0.3 is 29.0 Å². The van der Waals surface area contributed by atoms with Crippen molar-refractivity contribution in [3.05, 3.63) is 65.0 Å². The maximum Gasteiger partial charge on any atom is 0.410 e. The number of halogens is 3. The van der Waals surface area contributed by atoms with E-state index >= 15 is 0 Å². The molecule has 0 radical (unpaired) electrons. The van der Waals surface area contributed by atoms with Crippen LogP contribution in [0.15, 0.2) is 42.0 Å². The van der Waals surface area contributed by atoms with Crippen LogP contribution < -0.4 is 9.47 Å². The topological polar surface area (TPSA) is 115 Å². The van der Waals surface area contributed by atoms with Gasteiger partial charge in [-0.15, -0.1) is 0 Å². The van der Waals surface area contributed by atoms with Crippen molar-refractivity contribution in [3.63, 3.8) is 0 Å². The van der Waals surface area contributed by atoms with Gasteiger partial charge in [0.05, 0.1) is 37.5 Å². The molecule has 0 unspecified atom stereocenters. The third-order valence-corrected chi connectivity index (χ3v) is 7.27. The second-order valence-corrected chi connectivity index (χ2v) is 12.0. The van der Waals surface area contributed by atoms with E-state index in [0.717, 1.165) is 6.07 Å². The van der Waals surface area contributed by atoms with Crippen LogP contribution >= 0.6 is 0 Å². The summed E-state index contributed by atoms with van der Waals surface area (Å²) in [6.07, 6.45) is -1.65. The normalized spacial score (nSPS) is 18.8. The Balaban J connectivity index is 1.52. The van der Waals surface area contributed by atoms with Gasteiger partial charge in [0.2, 0.25) is 5.82 Å². The van der Waals surface area contributed by atoms with Crippen LogP contribution in [0.25, 0.3) is 5.57 Å². The maximum absolute atomic E-state index is 13.9. The van der Waals surface area contributed by atoms with Gasteiger partial charge in [-0.1, -0.05) is 19.1 Å². The third kappa shape index (κ3) is 7.81. The lowest BCUT2D eigenvalue weighted by Gasteiger charge is -2.49. The molecule has 1 fully saturated rings. The van der Waals surface area contributed by atoms with Crippen molar-refractivity contribution in [2.75, 3.05) is 32.9 Å². The molecular weight excluding hydrogens is 597 g/mol. The first-order chi connectivity index (χ1) is 21.2. The quantitative estimate of drug-likeness (QED) is 0.269. The summed E-state index contributed by atoms with van der Waals surface area (Å²) in [6.45, 7) is 8.64. The molecule has 2 bridgehead atoms. The summed E-state index contributed by atoms with van der Waals surface area (Å²) in [4.78, 5) is 41.2. The monoisotopic (exact) mass is 634 g/mol. The van der Waals surface area contributed by atoms with Gasteiger partial charge >= 0.3 is 18.2 Å². The van der Waals surface area contributed by atoms with Gasteiger partial charge in [-0.3, -0.25) is 4.90 Å². The zero-order valence-corrected chi connectivity index (χ0v) is 25.8. The molecule has 0 spiro atoms. The van der Waals surface area contributed by atoms with Crippen LogP contribution in [0.1, 0.15) is 46.6 Å². The number of ether oxygens (including phenoxy) is 4. The molecule has 45 heavy (non-hydrogen) atoms. The summed E-state index contributed by atoms with van der Waals surface area (Å²) in [6, 6.07) is 6.69. The van der Waals surface area contributed by atoms with Crippen molar-refractivity contribution in [1.82, 2.24) is 9.80 Å². The Hall–Kier alpha value is -4.42. The van der Waals surface area contributed by atoms with Crippen LogP contribution in [0.4, 0.5) is 22.8 Å². The van der Waals surface area contributed by atoms with Crippen LogP contribution in [0.5, 0.6) is 11.5 Å². The highest BCUT2D eigenvalue weighted by Gasteiger charge is 2.48. The van der Waals surface area contributed by atoms with Gasteiger partial charge in [0, 0.05) is 19.0 Å². The largest absolute Gasteiger partial charge is 0.493 e. The number of carbonyl (C=O) groups is 3. The smallest absolute Gasteiger partial charge is 0.410 e. The Morgan fingerprint density at radius 1 is 0.978 bits per heavy atom. The minimum absolute atomic E-state index is 0.0712. The second kappa shape index (κ2) is 13.7. The molecule has 10 nitrogen and oxygen atoms in total. The van der Waals surface area contributed by atoms with E-state index < -0.39 is 59.0 Å². The first-order valence-corrected chi connectivity index (χ1v) is 14.6. The number of esters is 1. The van der Waals surface area contributed by atoms with E-state index in [4.69, 9.17) is 18.9 Å². The minimum atomic E-state index is -1.40. The number of nitrogens with zero attached hydrogens (tertiary/aromatic N) is 2. The molecule has 0 saturated carbocycles. The van der Waals surface area contributed by atoms with Crippen molar-refractivity contribution >= 4 is 23.7 Å². The van der Waals surface area contributed by atoms with E-state index in [-0.39, 0.29) is 50.8 Å². The Labute approximate surface area is 259 Å².